The van der Waals surface area contributed by atoms with Gasteiger partial charge in [0.2, 0.25) is 0 Å². The normalized spacial score (nSPS) is 10.3. The lowest BCUT2D eigenvalue weighted by Gasteiger charge is -2.08. The van der Waals surface area contributed by atoms with Crippen LogP contribution in [0.1, 0.15) is 21.5 Å². The first-order valence-electron chi connectivity index (χ1n) is 6.35. The van der Waals surface area contributed by atoms with Crippen LogP contribution in [-0.4, -0.2) is 12.5 Å². The number of rotatable bonds is 4. The van der Waals surface area contributed by atoms with Gasteiger partial charge in [0, 0.05) is 17.1 Å². The summed E-state index contributed by atoms with van der Waals surface area (Å²) in [6.45, 7) is 2.24. The summed E-state index contributed by atoms with van der Waals surface area (Å²) in [5, 5.41) is 3.52. The minimum absolute atomic E-state index is 0.184. The molecule has 0 atom stereocenters. The van der Waals surface area contributed by atoms with E-state index in [1.807, 2.05) is 24.3 Å². The van der Waals surface area contributed by atoms with Crippen molar-refractivity contribution in [1.29, 1.82) is 0 Å². The lowest BCUT2D eigenvalue weighted by Crippen LogP contribution is -2.26. The van der Waals surface area contributed by atoms with Gasteiger partial charge >= 0.3 is 0 Å². The molecule has 0 aliphatic rings. The van der Waals surface area contributed by atoms with E-state index in [4.69, 9.17) is 11.6 Å². The highest BCUT2D eigenvalue weighted by Gasteiger charge is 2.08. The van der Waals surface area contributed by atoms with Crippen LogP contribution in [0.3, 0.4) is 0 Å². The summed E-state index contributed by atoms with van der Waals surface area (Å²) in [7, 11) is 0. The first-order valence-corrected chi connectivity index (χ1v) is 6.73. The molecule has 0 spiro atoms. The third-order valence-corrected chi connectivity index (χ3v) is 3.30. The van der Waals surface area contributed by atoms with Crippen molar-refractivity contribution in [2.75, 3.05) is 6.54 Å². The van der Waals surface area contributed by atoms with Crippen LogP contribution in [0.5, 0.6) is 0 Å². The van der Waals surface area contributed by atoms with Crippen molar-refractivity contribution in [1.82, 2.24) is 5.32 Å². The summed E-state index contributed by atoms with van der Waals surface area (Å²) in [5.41, 5.74) is 2.24. The van der Waals surface area contributed by atoms with Crippen LogP contribution < -0.4 is 5.32 Å². The molecule has 0 saturated carbocycles. The van der Waals surface area contributed by atoms with Gasteiger partial charge in [0.15, 0.2) is 0 Å². The molecular formula is C16H15ClFNO. The zero-order valence-electron chi connectivity index (χ0n) is 11.1. The minimum Gasteiger partial charge on any atom is -0.352 e. The molecule has 2 aromatic rings. The second-order valence-corrected chi connectivity index (χ2v) is 5.03. The third-order valence-electron chi connectivity index (χ3n) is 3.05. The fraction of sp³-hybridized carbons (Fsp3) is 0.188. The monoisotopic (exact) mass is 291 g/mol. The number of amides is 1. The average molecular weight is 292 g/mol. The molecule has 0 aliphatic carbocycles. The number of hydrogen-bond donors (Lipinski definition) is 1. The van der Waals surface area contributed by atoms with Gasteiger partial charge in [-0.1, -0.05) is 23.7 Å². The van der Waals surface area contributed by atoms with Gasteiger partial charge in [0.05, 0.1) is 0 Å². The van der Waals surface area contributed by atoms with Crippen LogP contribution in [0.4, 0.5) is 4.39 Å². The highest BCUT2D eigenvalue weighted by molar-refractivity contribution is 6.30. The molecule has 1 N–H and O–H groups in total. The summed E-state index contributed by atoms with van der Waals surface area (Å²) in [4.78, 5) is 12.0. The van der Waals surface area contributed by atoms with E-state index >= 15 is 0 Å². The molecule has 0 heterocycles. The van der Waals surface area contributed by atoms with Crippen LogP contribution in [0.2, 0.25) is 5.02 Å². The first kappa shape index (κ1) is 14.5. The van der Waals surface area contributed by atoms with E-state index in [1.54, 1.807) is 6.92 Å². The van der Waals surface area contributed by atoms with Gasteiger partial charge in [-0.05, 0) is 54.8 Å². The van der Waals surface area contributed by atoms with Crippen molar-refractivity contribution in [3.05, 3.63) is 70.0 Å². The summed E-state index contributed by atoms with van der Waals surface area (Å²) in [6.07, 6.45) is 0.725. The number of carbonyl (C=O) groups is 1. The Morgan fingerprint density at radius 1 is 1.20 bits per heavy atom. The summed E-state index contributed by atoms with van der Waals surface area (Å²) in [5.74, 6) is -0.517. The first-order chi connectivity index (χ1) is 9.56. The maximum Gasteiger partial charge on any atom is 0.251 e. The number of nitrogens with one attached hydrogen (secondary N) is 1. The van der Waals surface area contributed by atoms with Crippen molar-refractivity contribution in [3.8, 4) is 0 Å². The van der Waals surface area contributed by atoms with E-state index in [-0.39, 0.29) is 11.7 Å². The summed E-state index contributed by atoms with van der Waals surface area (Å²) in [6, 6.07) is 11.7. The molecule has 2 nitrogen and oxygen atoms in total. The number of halogens is 2. The highest BCUT2D eigenvalue weighted by Crippen LogP contribution is 2.11. The van der Waals surface area contributed by atoms with Crippen LogP contribution in [0.25, 0.3) is 0 Å². The molecule has 0 radical (unpaired) electrons. The van der Waals surface area contributed by atoms with E-state index < -0.39 is 0 Å². The second kappa shape index (κ2) is 6.53. The van der Waals surface area contributed by atoms with Gasteiger partial charge in [0.1, 0.15) is 5.82 Å². The SMILES string of the molecule is Cc1cc(F)ccc1C(=O)NCCc1ccc(Cl)cc1. The van der Waals surface area contributed by atoms with Crippen molar-refractivity contribution in [2.45, 2.75) is 13.3 Å². The minimum atomic E-state index is -0.333. The average Bonchev–Trinajstić information content (AvgIpc) is 2.41. The highest BCUT2D eigenvalue weighted by atomic mass is 35.5. The maximum absolute atomic E-state index is 13.0. The molecule has 20 heavy (non-hydrogen) atoms. The Balaban J connectivity index is 1.90. The Kier molecular flexibility index (Phi) is 4.74. The fourth-order valence-corrected chi connectivity index (χ4v) is 2.07. The molecule has 0 unspecified atom stereocenters. The van der Waals surface area contributed by atoms with Crippen molar-refractivity contribution >= 4 is 17.5 Å². The standard InChI is InChI=1S/C16H15ClFNO/c1-11-10-14(18)6-7-15(11)16(20)19-9-8-12-2-4-13(17)5-3-12/h2-7,10H,8-9H2,1H3,(H,19,20). The topological polar surface area (TPSA) is 29.1 Å². The summed E-state index contributed by atoms with van der Waals surface area (Å²) < 4.78 is 13.0. The molecule has 0 aliphatic heterocycles. The van der Waals surface area contributed by atoms with Crippen LogP contribution in [-0.2, 0) is 6.42 Å². The van der Waals surface area contributed by atoms with Crippen LogP contribution in [0, 0.1) is 12.7 Å². The molecule has 0 aromatic heterocycles. The predicted molar refractivity (Wildman–Crippen MR) is 78.6 cm³/mol. The Hall–Kier alpha value is -1.87. The molecule has 2 rings (SSSR count). The van der Waals surface area contributed by atoms with E-state index in [1.165, 1.54) is 18.2 Å². The number of hydrogen-bond acceptors (Lipinski definition) is 1. The molecule has 104 valence electrons. The number of benzene rings is 2. The third kappa shape index (κ3) is 3.81. The number of aryl methyl sites for hydroxylation is 1. The quantitative estimate of drug-likeness (QED) is 0.913. The molecule has 0 fully saturated rings. The largest absolute Gasteiger partial charge is 0.352 e. The molecule has 0 saturated heterocycles. The summed E-state index contributed by atoms with van der Waals surface area (Å²) >= 11 is 5.81. The van der Waals surface area contributed by atoms with E-state index in [0.29, 0.717) is 22.7 Å². The Bertz CT molecular complexity index is 610. The smallest absolute Gasteiger partial charge is 0.251 e. The van der Waals surface area contributed by atoms with Gasteiger partial charge in [-0.15, -0.1) is 0 Å². The van der Waals surface area contributed by atoms with E-state index in [0.717, 1.165) is 12.0 Å². The van der Waals surface area contributed by atoms with Gasteiger partial charge in [-0.2, -0.15) is 0 Å². The lowest BCUT2D eigenvalue weighted by atomic mass is 10.1. The second-order valence-electron chi connectivity index (χ2n) is 4.59. The lowest BCUT2D eigenvalue weighted by molar-refractivity contribution is 0.0953. The molecule has 2 aromatic carbocycles. The van der Waals surface area contributed by atoms with E-state index in [2.05, 4.69) is 5.32 Å². The van der Waals surface area contributed by atoms with Crippen molar-refractivity contribution in [2.24, 2.45) is 0 Å². The maximum atomic E-state index is 13.0. The number of carbonyl (C=O) groups excluding carboxylic acids is 1. The van der Waals surface area contributed by atoms with Gasteiger partial charge in [-0.3, -0.25) is 4.79 Å². The molecule has 4 heteroatoms. The van der Waals surface area contributed by atoms with Crippen molar-refractivity contribution < 1.29 is 9.18 Å². The Morgan fingerprint density at radius 2 is 1.90 bits per heavy atom. The molecule has 0 bridgehead atoms. The molecular weight excluding hydrogens is 277 g/mol. The van der Waals surface area contributed by atoms with Crippen molar-refractivity contribution in [3.63, 3.8) is 0 Å². The van der Waals surface area contributed by atoms with Gasteiger partial charge in [0.25, 0.3) is 5.91 Å². The Morgan fingerprint density at radius 3 is 2.55 bits per heavy atom. The van der Waals surface area contributed by atoms with Crippen LogP contribution in [0.15, 0.2) is 42.5 Å². The van der Waals surface area contributed by atoms with E-state index in [9.17, 15) is 9.18 Å². The van der Waals surface area contributed by atoms with Gasteiger partial charge in [-0.25, -0.2) is 4.39 Å². The predicted octanol–water partition coefficient (Wildman–Crippen LogP) is 3.76. The molecule has 1 amide bonds. The fourth-order valence-electron chi connectivity index (χ4n) is 1.95. The van der Waals surface area contributed by atoms with Crippen LogP contribution >= 0.6 is 11.6 Å². The Labute approximate surface area is 122 Å². The van der Waals surface area contributed by atoms with Gasteiger partial charge < -0.3 is 5.32 Å². The zero-order valence-corrected chi connectivity index (χ0v) is 11.9. The zero-order chi connectivity index (χ0) is 14.5.